The highest BCUT2D eigenvalue weighted by atomic mass is 32.2. The summed E-state index contributed by atoms with van der Waals surface area (Å²) < 4.78 is 24.6. The number of sulfonamides is 1. The van der Waals surface area contributed by atoms with E-state index >= 15 is 0 Å². The van der Waals surface area contributed by atoms with Gasteiger partial charge in [-0.15, -0.1) is 0 Å². The SMILES string of the molecule is CCS(=O)(=O)NCCCC1CCC1. The Balaban J connectivity index is 2.00. The Hall–Kier alpha value is -0.0900. The van der Waals surface area contributed by atoms with Gasteiger partial charge in [0.1, 0.15) is 0 Å². The highest BCUT2D eigenvalue weighted by molar-refractivity contribution is 7.89. The maximum Gasteiger partial charge on any atom is 0.211 e. The molecule has 0 saturated heterocycles. The van der Waals surface area contributed by atoms with Crippen molar-refractivity contribution in [2.75, 3.05) is 12.3 Å². The van der Waals surface area contributed by atoms with Crippen LogP contribution in [0.3, 0.4) is 0 Å². The molecule has 0 heterocycles. The molecule has 0 amide bonds. The third-order valence-electron chi connectivity index (χ3n) is 2.72. The Kier molecular flexibility index (Phi) is 4.19. The molecule has 0 aromatic heterocycles. The summed E-state index contributed by atoms with van der Waals surface area (Å²) >= 11 is 0. The Labute approximate surface area is 81.0 Å². The first-order chi connectivity index (χ1) is 6.14. The monoisotopic (exact) mass is 205 g/mol. The van der Waals surface area contributed by atoms with E-state index in [1.165, 1.54) is 25.7 Å². The minimum absolute atomic E-state index is 0.191. The van der Waals surface area contributed by atoms with E-state index in [2.05, 4.69) is 4.72 Å². The van der Waals surface area contributed by atoms with Gasteiger partial charge in [0.25, 0.3) is 0 Å². The van der Waals surface area contributed by atoms with Crippen molar-refractivity contribution in [2.45, 2.75) is 39.0 Å². The van der Waals surface area contributed by atoms with Gasteiger partial charge in [-0.05, 0) is 25.7 Å². The first kappa shape index (κ1) is 11.0. The zero-order valence-corrected chi connectivity index (χ0v) is 9.07. The topological polar surface area (TPSA) is 46.2 Å². The summed E-state index contributed by atoms with van der Waals surface area (Å²) in [5, 5.41) is 0. The third-order valence-corrected chi connectivity index (χ3v) is 4.12. The predicted octanol–water partition coefficient (Wildman–Crippen LogP) is 1.51. The summed E-state index contributed by atoms with van der Waals surface area (Å²) in [7, 11) is -2.96. The number of hydrogen-bond acceptors (Lipinski definition) is 2. The fraction of sp³-hybridized carbons (Fsp3) is 1.00. The van der Waals surface area contributed by atoms with E-state index in [0.717, 1.165) is 12.3 Å². The van der Waals surface area contributed by atoms with Crippen LogP contribution in [-0.4, -0.2) is 20.7 Å². The fourth-order valence-corrected chi connectivity index (χ4v) is 2.16. The standard InChI is InChI=1S/C9H19NO2S/c1-2-13(11,12)10-8-4-7-9-5-3-6-9/h9-10H,2-8H2,1H3. The smallest absolute Gasteiger partial charge is 0.211 e. The Morgan fingerprint density at radius 1 is 1.38 bits per heavy atom. The lowest BCUT2D eigenvalue weighted by Gasteiger charge is -2.24. The highest BCUT2D eigenvalue weighted by Gasteiger charge is 2.16. The minimum atomic E-state index is -2.96. The molecule has 0 spiro atoms. The van der Waals surface area contributed by atoms with Gasteiger partial charge in [0, 0.05) is 6.54 Å². The molecule has 0 aromatic rings. The van der Waals surface area contributed by atoms with Gasteiger partial charge in [0.2, 0.25) is 10.0 Å². The van der Waals surface area contributed by atoms with E-state index < -0.39 is 10.0 Å². The van der Waals surface area contributed by atoms with E-state index in [1.807, 2.05) is 0 Å². The van der Waals surface area contributed by atoms with Crippen LogP contribution in [0.1, 0.15) is 39.0 Å². The van der Waals surface area contributed by atoms with E-state index in [-0.39, 0.29) is 5.75 Å². The van der Waals surface area contributed by atoms with Gasteiger partial charge in [-0.25, -0.2) is 13.1 Å². The zero-order valence-electron chi connectivity index (χ0n) is 8.25. The lowest BCUT2D eigenvalue weighted by atomic mass is 9.82. The van der Waals surface area contributed by atoms with Crippen LogP contribution in [0, 0.1) is 5.92 Å². The Morgan fingerprint density at radius 3 is 2.54 bits per heavy atom. The molecule has 4 heteroatoms. The van der Waals surface area contributed by atoms with Gasteiger partial charge in [0.15, 0.2) is 0 Å². The van der Waals surface area contributed by atoms with Crippen LogP contribution < -0.4 is 4.72 Å². The molecule has 0 unspecified atom stereocenters. The van der Waals surface area contributed by atoms with E-state index in [4.69, 9.17) is 0 Å². The van der Waals surface area contributed by atoms with Crippen LogP contribution in [0.5, 0.6) is 0 Å². The van der Waals surface area contributed by atoms with Gasteiger partial charge in [-0.2, -0.15) is 0 Å². The first-order valence-corrected chi connectivity index (χ1v) is 6.76. The average Bonchev–Trinajstić information content (AvgIpc) is 2.01. The molecule has 0 atom stereocenters. The molecule has 0 aliphatic heterocycles. The predicted molar refractivity (Wildman–Crippen MR) is 54.0 cm³/mol. The molecule has 1 aliphatic carbocycles. The molecule has 0 bridgehead atoms. The van der Waals surface area contributed by atoms with Gasteiger partial charge in [0.05, 0.1) is 5.75 Å². The van der Waals surface area contributed by atoms with Crippen molar-refractivity contribution < 1.29 is 8.42 Å². The highest BCUT2D eigenvalue weighted by Crippen LogP contribution is 2.30. The molecule has 0 aromatic carbocycles. The second-order valence-corrected chi connectivity index (χ2v) is 5.83. The maximum atomic E-state index is 11.0. The Bertz CT molecular complexity index is 232. The summed E-state index contributed by atoms with van der Waals surface area (Å²) in [6.45, 7) is 2.28. The van der Waals surface area contributed by atoms with Crippen LogP contribution in [0.25, 0.3) is 0 Å². The Morgan fingerprint density at radius 2 is 2.08 bits per heavy atom. The second-order valence-electron chi connectivity index (χ2n) is 3.74. The van der Waals surface area contributed by atoms with Crippen LogP contribution in [-0.2, 0) is 10.0 Å². The van der Waals surface area contributed by atoms with Crippen molar-refractivity contribution in [3.8, 4) is 0 Å². The number of rotatable bonds is 6. The molecule has 1 aliphatic rings. The lowest BCUT2D eigenvalue weighted by molar-refractivity contribution is 0.290. The molecule has 1 saturated carbocycles. The summed E-state index contributed by atoms with van der Waals surface area (Å²) in [4.78, 5) is 0. The summed E-state index contributed by atoms with van der Waals surface area (Å²) in [6.07, 6.45) is 6.24. The summed E-state index contributed by atoms with van der Waals surface area (Å²) in [5.74, 6) is 1.07. The average molecular weight is 205 g/mol. The van der Waals surface area contributed by atoms with Crippen molar-refractivity contribution >= 4 is 10.0 Å². The van der Waals surface area contributed by atoms with Crippen LogP contribution in [0.15, 0.2) is 0 Å². The van der Waals surface area contributed by atoms with Gasteiger partial charge in [-0.3, -0.25) is 0 Å². The molecule has 3 nitrogen and oxygen atoms in total. The number of hydrogen-bond donors (Lipinski definition) is 1. The molecule has 1 rings (SSSR count). The molecule has 1 fully saturated rings. The van der Waals surface area contributed by atoms with Gasteiger partial charge < -0.3 is 0 Å². The second kappa shape index (κ2) is 4.96. The van der Waals surface area contributed by atoms with E-state index in [9.17, 15) is 8.42 Å². The van der Waals surface area contributed by atoms with Crippen molar-refractivity contribution in [3.05, 3.63) is 0 Å². The zero-order chi connectivity index (χ0) is 9.73. The van der Waals surface area contributed by atoms with E-state index in [0.29, 0.717) is 6.54 Å². The fourth-order valence-electron chi connectivity index (χ4n) is 1.50. The van der Waals surface area contributed by atoms with Crippen LogP contribution in [0.2, 0.25) is 0 Å². The largest absolute Gasteiger partial charge is 0.215 e. The molecular weight excluding hydrogens is 186 g/mol. The van der Waals surface area contributed by atoms with Crippen molar-refractivity contribution in [1.29, 1.82) is 0 Å². The maximum absolute atomic E-state index is 11.0. The molecule has 1 N–H and O–H groups in total. The molecular formula is C9H19NO2S. The van der Waals surface area contributed by atoms with Crippen LogP contribution in [0.4, 0.5) is 0 Å². The first-order valence-electron chi connectivity index (χ1n) is 5.11. The van der Waals surface area contributed by atoms with Crippen molar-refractivity contribution in [2.24, 2.45) is 5.92 Å². The van der Waals surface area contributed by atoms with Crippen molar-refractivity contribution in [3.63, 3.8) is 0 Å². The van der Waals surface area contributed by atoms with Crippen molar-refractivity contribution in [1.82, 2.24) is 4.72 Å². The number of nitrogens with one attached hydrogen (secondary N) is 1. The third kappa shape index (κ3) is 4.09. The van der Waals surface area contributed by atoms with Crippen LogP contribution >= 0.6 is 0 Å². The van der Waals surface area contributed by atoms with E-state index in [1.54, 1.807) is 6.92 Å². The molecule has 13 heavy (non-hydrogen) atoms. The summed E-state index contributed by atoms with van der Waals surface area (Å²) in [5.41, 5.74) is 0. The van der Waals surface area contributed by atoms with Gasteiger partial charge >= 0.3 is 0 Å². The molecule has 78 valence electrons. The summed E-state index contributed by atoms with van der Waals surface area (Å²) in [6, 6.07) is 0. The normalized spacial score (nSPS) is 18.5. The minimum Gasteiger partial charge on any atom is -0.215 e. The molecule has 0 radical (unpaired) electrons. The quantitative estimate of drug-likeness (QED) is 0.668. The van der Waals surface area contributed by atoms with Gasteiger partial charge in [-0.1, -0.05) is 19.3 Å². The lowest BCUT2D eigenvalue weighted by Crippen LogP contribution is -2.26.